The van der Waals surface area contributed by atoms with E-state index >= 15 is 0 Å². The number of alkyl halides is 2. The first-order valence-corrected chi connectivity index (χ1v) is 9.94. The van der Waals surface area contributed by atoms with Gasteiger partial charge in [0.25, 0.3) is 0 Å². The van der Waals surface area contributed by atoms with Crippen LogP contribution in [0, 0.1) is 0 Å². The highest BCUT2D eigenvalue weighted by atomic mass is 31.2. The van der Waals surface area contributed by atoms with Gasteiger partial charge in [-0.1, -0.05) is 6.07 Å². The van der Waals surface area contributed by atoms with E-state index in [0.717, 1.165) is 0 Å². The second-order valence-corrected chi connectivity index (χ2v) is 7.62. The average Bonchev–Trinajstić information content (AvgIpc) is 2.93. The minimum atomic E-state index is -3.72. The van der Waals surface area contributed by atoms with Crippen molar-refractivity contribution >= 4 is 13.3 Å². The maximum Gasteiger partial charge on any atom is 0.586 e. The lowest BCUT2D eigenvalue weighted by atomic mass is 10.2. The maximum atomic E-state index is 13.3. The van der Waals surface area contributed by atoms with Gasteiger partial charge in [0.1, 0.15) is 0 Å². The fourth-order valence-corrected chi connectivity index (χ4v) is 4.47. The molecule has 0 spiro atoms. The highest BCUT2D eigenvalue weighted by Gasteiger charge is 2.44. The number of nitrogens with one attached hydrogen (secondary N) is 1. The number of aromatic nitrogens is 1. The number of benzene rings is 1. The molecule has 0 bridgehead atoms. The number of nitrogens with zero attached hydrogens (tertiary/aromatic N) is 1. The van der Waals surface area contributed by atoms with Crippen LogP contribution in [-0.4, -0.2) is 24.5 Å². The number of hydrogen-bond acceptors (Lipinski definition) is 7. The number of rotatable bonds is 8. The zero-order valence-corrected chi connectivity index (χ0v) is 15.6. The summed E-state index contributed by atoms with van der Waals surface area (Å²) in [5, 5.41) is 3.01. The third-order valence-corrected chi connectivity index (χ3v) is 5.87. The third-order valence-electron chi connectivity index (χ3n) is 3.61. The van der Waals surface area contributed by atoms with Crippen LogP contribution in [0.25, 0.3) is 0 Å². The number of fused-ring (bicyclic) bond motifs is 1. The molecule has 1 unspecified atom stereocenters. The van der Waals surface area contributed by atoms with Crippen molar-refractivity contribution < 1.29 is 31.9 Å². The molecule has 1 atom stereocenters. The molecule has 2 aromatic rings. The molecule has 7 nitrogen and oxygen atoms in total. The van der Waals surface area contributed by atoms with Crippen molar-refractivity contribution in [2.24, 2.45) is 0 Å². The van der Waals surface area contributed by atoms with Gasteiger partial charge >= 0.3 is 13.9 Å². The van der Waals surface area contributed by atoms with Gasteiger partial charge in [0.05, 0.1) is 18.9 Å². The van der Waals surface area contributed by atoms with E-state index in [1.54, 1.807) is 38.2 Å². The molecule has 0 amide bonds. The molecule has 1 aromatic carbocycles. The van der Waals surface area contributed by atoms with Crippen LogP contribution in [0.15, 0.2) is 42.6 Å². The Labute approximate surface area is 155 Å². The first kappa shape index (κ1) is 19.5. The van der Waals surface area contributed by atoms with Crippen molar-refractivity contribution in [3.8, 4) is 11.5 Å². The topological polar surface area (TPSA) is 78.9 Å². The molecule has 1 N–H and O–H groups in total. The molecule has 27 heavy (non-hydrogen) atoms. The second kappa shape index (κ2) is 7.80. The lowest BCUT2D eigenvalue weighted by Gasteiger charge is -2.27. The molecule has 0 saturated carbocycles. The molecule has 146 valence electrons. The predicted octanol–water partition coefficient (Wildman–Crippen LogP) is 4.78. The Balaban J connectivity index is 1.94. The van der Waals surface area contributed by atoms with Crippen LogP contribution in [0.3, 0.4) is 0 Å². The molecule has 1 aliphatic rings. The highest BCUT2D eigenvalue weighted by molar-refractivity contribution is 7.54. The van der Waals surface area contributed by atoms with Gasteiger partial charge in [0.15, 0.2) is 17.3 Å². The van der Waals surface area contributed by atoms with Crippen LogP contribution < -0.4 is 14.8 Å². The predicted molar refractivity (Wildman–Crippen MR) is 94.1 cm³/mol. The van der Waals surface area contributed by atoms with Gasteiger partial charge in [0.2, 0.25) is 0 Å². The van der Waals surface area contributed by atoms with Gasteiger partial charge in [-0.2, -0.15) is 0 Å². The Hall–Kier alpha value is -2.22. The molecule has 10 heteroatoms. The van der Waals surface area contributed by atoms with E-state index in [0.29, 0.717) is 11.4 Å². The fourth-order valence-electron chi connectivity index (χ4n) is 2.60. The summed E-state index contributed by atoms with van der Waals surface area (Å²) in [6.07, 6.45) is -2.17. The largest absolute Gasteiger partial charge is 0.586 e. The van der Waals surface area contributed by atoms with E-state index < -0.39 is 19.7 Å². The van der Waals surface area contributed by atoms with Crippen LogP contribution in [0.2, 0.25) is 0 Å². The smallest absolute Gasteiger partial charge is 0.395 e. The minimum Gasteiger partial charge on any atom is -0.395 e. The van der Waals surface area contributed by atoms with Crippen LogP contribution in [0.5, 0.6) is 11.5 Å². The number of halogens is 2. The van der Waals surface area contributed by atoms with Crippen molar-refractivity contribution in [3.05, 3.63) is 48.3 Å². The van der Waals surface area contributed by atoms with Crippen molar-refractivity contribution in [2.45, 2.75) is 25.9 Å². The summed E-state index contributed by atoms with van der Waals surface area (Å²) in [6, 6.07) is 9.29. The highest BCUT2D eigenvalue weighted by Crippen LogP contribution is 2.60. The summed E-state index contributed by atoms with van der Waals surface area (Å²) >= 11 is 0. The quantitative estimate of drug-likeness (QED) is 0.639. The van der Waals surface area contributed by atoms with E-state index in [1.165, 1.54) is 18.2 Å². The molecule has 0 radical (unpaired) electrons. The molecule has 0 fully saturated rings. The SMILES string of the molecule is CCOP(=O)(OCC)C(Nc1ccc2c(c1)OC(F)(F)O2)c1ccccn1. The van der Waals surface area contributed by atoms with Crippen molar-refractivity contribution in [1.29, 1.82) is 0 Å². The standard InChI is InChI=1S/C17H19F2N2O5P/c1-3-23-27(22,24-4-2)16(13-7-5-6-10-20-13)21-12-8-9-14-15(11-12)26-17(18,19)25-14/h5-11,16,21H,3-4H2,1-2H3. The molecule has 0 aliphatic carbocycles. The van der Waals surface area contributed by atoms with Gasteiger partial charge in [-0.3, -0.25) is 9.55 Å². The molecular weight excluding hydrogens is 381 g/mol. The maximum absolute atomic E-state index is 13.3. The van der Waals surface area contributed by atoms with E-state index in [1.807, 2.05) is 0 Å². The van der Waals surface area contributed by atoms with Crippen LogP contribution >= 0.6 is 7.60 Å². The molecule has 2 heterocycles. The first-order chi connectivity index (χ1) is 12.9. The zero-order chi connectivity index (χ0) is 19.5. The summed E-state index contributed by atoms with van der Waals surface area (Å²) in [5.74, 6) is -1.16. The summed E-state index contributed by atoms with van der Waals surface area (Å²) < 4.78 is 59.5. The minimum absolute atomic E-state index is 0.0854. The molecule has 3 rings (SSSR count). The molecule has 1 aromatic heterocycles. The van der Waals surface area contributed by atoms with Gasteiger partial charge in [-0.05, 0) is 38.1 Å². The summed E-state index contributed by atoms with van der Waals surface area (Å²) in [6.45, 7) is 3.72. The Kier molecular flexibility index (Phi) is 5.64. The Morgan fingerprint density at radius 2 is 1.85 bits per heavy atom. The molecular formula is C17H19F2N2O5P. The second-order valence-electron chi connectivity index (χ2n) is 5.51. The summed E-state index contributed by atoms with van der Waals surface area (Å²) in [5.41, 5.74) is 0.788. The Morgan fingerprint density at radius 1 is 1.15 bits per heavy atom. The Bertz CT molecular complexity index is 827. The number of ether oxygens (including phenoxy) is 2. The van der Waals surface area contributed by atoms with Crippen molar-refractivity contribution in [3.63, 3.8) is 0 Å². The monoisotopic (exact) mass is 400 g/mol. The van der Waals surface area contributed by atoms with E-state index in [2.05, 4.69) is 19.8 Å². The van der Waals surface area contributed by atoms with E-state index in [4.69, 9.17) is 9.05 Å². The summed E-state index contributed by atoms with van der Waals surface area (Å²) in [4.78, 5) is 4.23. The third kappa shape index (κ3) is 4.37. The molecule has 0 saturated heterocycles. The zero-order valence-electron chi connectivity index (χ0n) is 14.7. The number of hydrogen-bond donors (Lipinski definition) is 1. The van der Waals surface area contributed by atoms with Crippen LogP contribution in [0.4, 0.5) is 14.5 Å². The van der Waals surface area contributed by atoms with E-state index in [-0.39, 0.29) is 24.7 Å². The van der Waals surface area contributed by atoms with Gasteiger partial charge in [-0.15, -0.1) is 8.78 Å². The lowest BCUT2D eigenvalue weighted by Crippen LogP contribution is -2.25. The lowest BCUT2D eigenvalue weighted by molar-refractivity contribution is -0.286. The van der Waals surface area contributed by atoms with Crippen molar-refractivity contribution in [2.75, 3.05) is 18.5 Å². The fraction of sp³-hybridized carbons (Fsp3) is 0.353. The Morgan fingerprint density at radius 3 is 2.48 bits per heavy atom. The number of pyridine rings is 1. The van der Waals surface area contributed by atoms with Gasteiger partial charge in [0, 0.05) is 18.0 Å². The van der Waals surface area contributed by atoms with Crippen LogP contribution in [0.1, 0.15) is 25.3 Å². The van der Waals surface area contributed by atoms with Crippen molar-refractivity contribution in [1.82, 2.24) is 4.98 Å². The van der Waals surface area contributed by atoms with Gasteiger partial charge in [-0.25, -0.2) is 0 Å². The van der Waals surface area contributed by atoms with E-state index in [9.17, 15) is 13.3 Å². The number of anilines is 1. The average molecular weight is 400 g/mol. The van der Waals surface area contributed by atoms with Gasteiger partial charge < -0.3 is 23.8 Å². The normalized spacial score (nSPS) is 16.1. The first-order valence-electron chi connectivity index (χ1n) is 8.33. The van der Waals surface area contributed by atoms with Crippen LogP contribution in [-0.2, 0) is 13.6 Å². The summed E-state index contributed by atoms with van der Waals surface area (Å²) in [7, 11) is -3.66. The molecule has 1 aliphatic heterocycles.